The van der Waals surface area contributed by atoms with Crippen LogP contribution in [0.25, 0.3) is 0 Å². The van der Waals surface area contributed by atoms with Gasteiger partial charge < -0.3 is 10.0 Å². The molecule has 5 heteroatoms. The molecule has 1 aromatic carbocycles. The van der Waals surface area contributed by atoms with Crippen molar-refractivity contribution in [2.75, 3.05) is 13.1 Å². The molecule has 0 aromatic heterocycles. The number of nitrogens with zero attached hydrogens (tertiary/aromatic N) is 1. The number of aryl methyl sites for hydroxylation is 1. The van der Waals surface area contributed by atoms with Crippen molar-refractivity contribution in [1.82, 2.24) is 4.90 Å². The highest BCUT2D eigenvalue weighted by Gasteiger charge is 2.43. The predicted octanol–water partition coefficient (Wildman–Crippen LogP) is 2.64. The highest BCUT2D eigenvalue weighted by molar-refractivity contribution is 5.89. The lowest BCUT2D eigenvalue weighted by Crippen LogP contribution is -2.46. The Balaban J connectivity index is 0.00000176. The summed E-state index contributed by atoms with van der Waals surface area (Å²) in [6.45, 7) is 2.93. The monoisotopic (exact) mass is 323 g/mol. The van der Waals surface area contributed by atoms with E-state index in [2.05, 4.69) is 12.1 Å². The summed E-state index contributed by atoms with van der Waals surface area (Å²) < 4.78 is 0. The van der Waals surface area contributed by atoms with Crippen LogP contribution in [0.15, 0.2) is 24.3 Å². The number of benzene rings is 1. The summed E-state index contributed by atoms with van der Waals surface area (Å²) in [5, 5.41) is 9.11. The Morgan fingerprint density at radius 2 is 2.05 bits per heavy atom. The minimum absolute atomic E-state index is 0. The molecule has 1 amide bonds. The van der Waals surface area contributed by atoms with Crippen molar-refractivity contribution in [3.05, 3.63) is 35.4 Å². The van der Waals surface area contributed by atoms with E-state index in [1.807, 2.05) is 19.1 Å². The van der Waals surface area contributed by atoms with Crippen LogP contribution in [0.3, 0.4) is 0 Å². The van der Waals surface area contributed by atoms with Gasteiger partial charge in [0.15, 0.2) is 0 Å². The lowest BCUT2D eigenvalue weighted by molar-refractivity contribution is -0.142. The van der Waals surface area contributed by atoms with E-state index in [0.717, 1.165) is 24.8 Å². The van der Waals surface area contributed by atoms with Crippen LogP contribution in [0, 0.1) is 5.92 Å². The number of rotatable bonds is 2. The van der Waals surface area contributed by atoms with E-state index in [1.54, 1.807) is 4.90 Å². The molecule has 0 saturated carbocycles. The molecule has 2 aliphatic rings. The SMILES string of the molecule is CC1(C(=O)N2CCC(C(=O)O)C2)CCCc2ccccc21.Cl. The molecule has 1 aliphatic heterocycles. The summed E-state index contributed by atoms with van der Waals surface area (Å²) in [4.78, 5) is 25.8. The highest BCUT2D eigenvalue weighted by atomic mass is 35.5. The minimum Gasteiger partial charge on any atom is -0.481 e. The van der Waals surface area contributed by atoms with Crippen molar-refractivity contribution in [2.45, 2.75) is 38.0 Å². The van der Waals surface area contributed by atoms with E-state index in [0.29, 0.717) is 19.5 Å². The number of carboxylic acid groups (broad SMARTS) is 1. The molecule has 3 rings (SSSR count). The van der Waals surface area contributed by atoms with E-state index >= 15 is 0 Å². The molecule has 0 spiro atoms. The van der Waals surface area contributed by atoms with Crippen molar-refractivity contribution in [1.29, 1.82) is 0 Å². The molecule has 1 heterocycles. The molecule has 0 bridgehead atoms. The third-order valence-electron chi connectivity index (χ3n) is 5.03. The third-order valence-corrected chi connectivity index (χ3v) is 5.03. The minimum atomic E-state index is -0.792. The number of hydrogen-bond acceptors (Lipinski definition) is 2. The topological polar surface area (TPSA) is 57.6 Å². The fraction of sp³-hybridized carbons (Fsp3) is 0.529. The van der Waals surface area contributed by atoms with Crippen molar-refractivity contribution in [3.63, 3.8) is 0 Å². The Bertz CT molecular complexity index is 589. The smallest absolute Gasteiger partial charge is 0.308 e. The van der Waals surface area contributed by atoms with Crippen molar-refractivity contribution < 1.29 is 14.7 Å². The summed E-state index contributed by atoms with van der Waals surface area (Å²) in [7, 11) is 0. The fourth-order valence-electron chi connectivity index (χ4n) is 3.76. The second kappa shape index (κ2) is 6.29. The number of hydrogen-bond donors (Lipinski definition) is 1. The fourth-order valence-corrected chi connectivity index (χ4v) is 3.76. The number of amides is 1. The van der Waals surface area contributed by atoms with Crippen molar-refractivity contribution >= 4 is 24.3 Å². The van der Waals surface area contributed by atoms with Crippen LogP contribution in [0.5, 0.6) is 0 Å². The van der Waals surface area contributed by atoms with Crippen molar-refractivity contribution in [2.24, 2.45) is 5.92 Å². The molecule has 1 saturated heterocycles. The summed E-state index contributed by atoms with van der Waals surface area (Å²) in [6, 6.07) is 8.16. The summed E-state index contributed by atoms with van der Waals surface area (Å²) in [5.41, 5.74) is 1.89. The number of carbonyl (C=O) groups is 2. The number of carbonyl (C=O) groups excluding carboxylic acids is 1. The summed E-state index contributed by atoms with van der Waals surface area (Å²) in [6.07, 6.45) is 3.45. The van der Waals surface area contributed by atoms with Gasteiger partial charge in [-0.1, -0.05) is 24.3 Å². The predicted molar refractivity (Wildman–Crippen MR) is 86.3 cm³/mol. The normalized spacial score (nSPS) is 27.0. The Kier molecular flexibility index (Phi) is 4.81. The van der Waals surface area contributed by atoms with Gasteiger partial charge in [0.25, 0.3) is 0 Å². The van der Waals surface area contributed by atoms with Crippen molar-refractivity contribution in [3.8, 4) is 0 Å². The van der Waals surface area contributed by atoms with Gasteiger partial charge >= 0.3 is 5.97 Å². The molecule has 2 atom stereocenters. The number of likely N-dealkylation sites (tertiary alicyclic amines) is 1. The Hall–Kier alpha value is -1.55. The average molecular weight is 324 g/mol. The maximum absolute atomic E-state index is 13.0. The number of aliphatic carboxylic acids is 1. The van der Waals surface area contributed by atoms with Gasteiger partial charge in [-0.3, -0.25) is 9.59 Å². The van der Waals surface area contributed by atoms with Gasteiger partial charge in [-0.05, 0) is 43.7 Å². The number of fused-ring (bicyclic) bond motifs is 1. The largest absolute Gasteiger partial charge is 0.481 e. The lowest BCUT2D eigenvalue weighted by atomic mass is 9.70. The third kappa shape index (κ3) is 2.72. The van der Waals surface area contributed by atoms with E-state index < -0.39 is 17.3 Å². The Morgan fingerprint density at radius 1 is 1.32 bits per heavy atom. The van der Waals surface area contributed by atoms with E-state index in [-0.39, 0.29) is 18.3 Å². The van der Waals surface area contributed by atoms with E-state index in [4.69, 9.17) is 5.11 Å². The van der Waals surface area contributed by atoms with Crippen LogP contribution in [-0.2, 0) is 21.4 Å². The Labute approximate surface area is 136 Å². The molecular weight excluding hydrogens is 302 g/mol. The Morgan fingerprint density at radius 3 is 2.73 bits per heavy atom. The van der Waals surface area contributed by atoms with Gasteiger partial charge in [0.05, 0.1) is 11.3 Å². The quantitative estimate of drug-likeness (QED) is 0.910. The molecule has 1 N–H and O–H groups in total. The summed E-state index contributed by atoms with van der Waals surface area (Å²) in [5.74, 6) is -1.10. The lowest BCUT2D eigenvalue weighted by Gasteiger charge is -2.37. The van der Waals surface area contributed by atoms with Crippen LogP contribution >= 0.6 is 12.4 Å². The molecule has 1 aliphatic carbocycles. The van der Waals surface area contributed by atoms with Gasteiger partial charge in [-0.2, -0.15) is 0 Å². The van der Waals surface area contributed by atoms with Gasteiger partial charge in [0.2, 0.25) is 5.91 Å². The molecule has 120 valence electrons. The molecule has 4 nitrogen and oxygen atoms in total. The van der Waals surface area contributed by atoms with Crippen LogP contribution < -0.4 is 0 Å². The van der Waals surface area contributed by atoms with Crippen LogP contribution in [0.1, 0.15) is 37.3 Å². The van der Waals surface area contributed by atoms with Crippen LogP contribution in [0.4, 0.5) is 0 Å². The van der Waals surface area contributed by atoms with Gasteiger partial charge in [0.1, 0.15) is 0 Å². The first-order chi connectivity index (χ1) is 10.0. The van der Waals surface area contributed by atoms with Crippen LogP contribution in [0.2, 0.25) is 0 Å². The second-order valence-corrected chi connectivity index (χ2v) is 6.42. The first kappa shape index (κ1) is 16.8. The van der Waals surface area contributed by atoms with Gasteiger partial charge in [-0.25, -0.2) is 0 Å². The molecule has 2 unspecified atom stereocenters. The summed E-state index contributed by atoms with van der Waals surface area (Å²) >= 11 is 0. The van der Waals surface area contributed by atoms with Crippen LogP contribution in [-0.4, -0.2) is 35.0 Å². The standard InChI is InChI=1S/C17H21NO3.ClH/c1-17(9-4-6-12-5-2-3-7-14(12)17)16(21)18-10-8-13(11-18)15(19)20;/h2-3,5,7,13H,4,6,8-11H2,1H3,(H,19,20);1H. The zero-order valence-electron chi connectivity index (χ0n) is 12.7. The molecule has 1 fully saturated rings. The number of halogens is 1. The average Bonchev–Trinajstić information content (AvgIpc) is 2.97. The van der Waals surface area contributed by atoms with Gasteiger partial charge in [0, 0.05) is 13.1 Å². The zero-order valence-corrected chi connectivity index (χ0v) is 13.6. The van der Waals surface area contributed by atoms with E-state index in [1.165, 1.54) is 5.56 Å². The van der Waals surface area contributed by atoms with Gasteiger partial charge in [-0.15, -0.1) is 12.4 Å². The highest BCUT2D eigenvalue weighted by Crippen LogP contribution is 2.39. The van der Waals surface area contributed by atoms with E-state index in [9.17, 15) is 9.59 Å². The maximum Gasteiger partial charge on any atom is 0.308 e. The molecule has 1 aromatic rings. The second-order valence-electron chi connectivity index (χ2n) is 6.42. The number of carboxylic acids is 1. The first-order valence-corrected chi connectivity index (χ1v) is 7.63. The zero-order chi connectivity index (χ0) is 15.0. The molecule has 22 heavy (non-hydrogen) atoms. The molecular formula is C17H22ClNO3. The molecule has 0 radical (unpaired) electrons. The first-order valence-electron chi connectivity index (χ1n) is 7.63. The maximum atomic E-state index is 13.0.